The molecule has 2 aromatic heterocycles. The summed E-state index contributed by atoms with van der Waals surface area (Å²) in [5, 5.41) is 18.5. The van der Waals surface area contributed by atoms with Crippen LogP contribution in [0.15, 0.2) is 42.6 Å². The number of fused-ring (bicyclic) bond motifs is 3. The van der Waals surface area contributed by atoms with Crippen molar-refractivity contribution in [1.82, 2.24) is 24.6 Å². The van der Waals surface area contributed by atoms with Gasteiger partial charge in [0.1, 0.15) is 6.23 Å². The van der Waals surface area contributed by atoms with Crippen LogP contribution in [0.2, 0.25) is 0 Å². The van der Waals surface area contributed by atoms with Gasteiger partial charge in [-0.1, -0.05) is 12.1 Å². The average molecular weight is 496 g/mol. The number of nitrogens with one attached hydrogen (secondary N) is 3. The minimum atomic E-state index is -0.977. The van der Waals surface area contributed by atoms with E-state index in [9.17, 15) is 18.7 Å². The highest BCUT2D eigenvalue weighted by atomic mass is 19.2. The van der Waals surface area contributed by atoms with Crippen molar-refractivity contribution in [1.29, 1.82) is 0 Å². The predicted molar refractivity (Wildman–Crippen MR) is 134 cm³/mol. The number of likely N-dealkylation sites (tertiary alicyclic amines) is 1. The maximum Gasteiger partial charge on any atom is 0.318 e. The lowest BCUT2D eigenvalue weighted by Crippen LogP contribution is -2.30. The Morgan fingerprint density at radius 1 is 1.19 bits per heavy atom. The maximum absolute atomic E-state index is 14.2. The van der Waals surface area contributed by atoms with Gasteiger partial charge >= 0.3 is 6.03 Å². The zero-order valence-corrected chi connectivity index (χ0v) is 19.8. The number of rotatable bonds is 7. The number of aliphatic hydroxyl groups is 1. The Labute approximate surface area is 206 Å². The first-order valence-electron chi connectivity index (χ1n) is 11.9. The highest BCUT2D eigenvalue weighted by Crippen LogP contribution is 2.30. The number of aliphatic hydroxyl groups excluding tert-OH is 1. The minimum absolute atomic E-state index is 0.288. The fourth-order valence-electron chi connectivity index (χ4n) is 4.53. The number of amides is 2. The fourth-order valence-corrected chi connectivity index (χ4v) is 4.53. The van der Waals surface area contributed by atoms with Gasteiger partial charge in [-0.15, -0.1) is 0 Å². The van der Waals surface area contributed by atoms with Gasteiger partial charge in [-0.25, -0.2) is 23.5 Å². The molecule has 0 radical (unpaired) electrons. The number of urea groups is 1. The van der Waals surface area contributed by atoms with Gasteiger partial charge in [0.05, 0.1) is 22.9 Å². The second-order valence-corrected chi connectivity index (χ2v) is 8.74. The number of benzene rings is 2. The van der Waals surface area contributed by atoms with E-state index in [1.807, 2.05) is 17.0 Å². The number of halogens is 2. The molecule has 3 heterocycles. The van der Waals surface area contributed by atoms with Gasteiger partial charge in [0.25, 0.3) is 0 Å². The van der Waals surface area contributed by atoms with E-state index in [0.29, 0.717) is 34.9 Å². The van der Waals surface area contributed by atoms with Gasteiger partial charge in [0.2, 0.25) is 0 Å². The highest BCUT2D eigenvalue weighted by molar-refractivity contribution is 5.90. The van der Waals surface area contributed by atoms with Gasteiger partial charge in [0.15, 0.2) is 23.1 Å². The van der Waals surface area contributed by atoms with Crippen molar-refractivity contribution in [3.63, 3.8) is 0 Å². The second kappa shape index (κ2) is 10.0. The lowest BCUT2D eigenvalue weighted by molar-refractivity contribution is 0.0382. The summed E-state index contributed by atoms with van der Waals surface area (Å²) in [5.74, 6) is -1.49. The van der Waals surface area contributed by atoms with Crippen molar-refractivity contribution in [3.8, 4) is 11.3 Å². The standard InChI is InChI=1S/C25H27F2N7O2/c1-28-25(36)31-16-7-5-15(6-8-16)21-14-30-24-23(29-9-3-11-33-10-2-4-22(33)35)32-19-12-17(26)18(27)13-20(19)34(21)24/h5-8,12-14,22,35H,2-4,9-11H2,1H3,(H,29,32)(H2,28,31,36). The molecular weight excluding hydrogens is 468 g/mol. The third-order valence-electron chi connectivity index (χ3n) is 6.37. The van der Waals surface area contributed by atoms with E-state index in [2.05, 4.69) is 25.9 Å². The molecule has 1 atom stereocenters. The molecule has 0 bridgehead atoms. The molecule has 0 spiro atoms. The molecule has 2 aromatic carbocycles. The van der Waals surface area contributed by atoms with Crippen LogP contribution in [0.3, 0.4) is 0 Å². The van der Waals surface area contributed by atoms with Gasteiger partial charge in [0, 0.05) is 50.1 Å². The Morgan fingerprint density at radius 2 is 1.97 bits per heavy atom. The summed E-state index contributed by atoms with van der Waals surface area (Å²) < 4.78 is 30.1. The fraction of sp³-hybridized carbons (Fsp3) is 0.320. The van der Waals surface area contributed by atoms with Crippen molar-refractivity contribution < 1.29 is 18.7 Å². The number of carbonyl (C=O) groups is 1. The van der Waals surface area contributed by atoms with Crippen LogP contribution >= 0.6 is 0 Å². The summed E-state index contributed by atoms with van der Waals surface area (Å²) in [6.45, 7) is 2.20. The Balaban J connectivity index is 1.48. The normalized spacial score (nSPS) is 16.1. The zero-order valence-electron chi connectivity index (χ0n) is 19.8. The lowest BCUT2D eigenvalue weighted by Gasteiger charge is -2.19. The van der Waals surface area contributed by atoms with Crippen LogP contribution in [-0.4, -0.2) is 63.3 Å². The van der Waals surface area contributed by atoms with E-state index in [0.717, 1.165) is 50.0 Å². The van der Waals surface area contributed by atoms with Gasteiger partial charge in [-0.05, 0) is 31.4 Å². The van der Waals surface area contributed by atoms with E-state index >= 15 is 0 Å². The third kappa shape index (κ3) is 4.67. The molecule has 1 fully saturated rings. The maximum atomic E-state index is 14.2. The molecule has 0 aliphatic carbocycles. The largest absolute Gasteiger partial charge is 0.378 e. The summed E-state index contributed by atoms with van der Waals surface area (Å²) in [6, 6.07) is 9.00. The van der Waals surface area contributed by atoms with Crippen molar-refractivity contribution in [2.75, 3.05) is 37.3 Å². The molecule has 5 rings (SSSR count). The Hall–Kier alpha value is -3.83. The van der Waals surface area contributed by atoms with Crippen LogP contribution in [0.5, 0.6) is 0 Å². The first-order valence-corrected chi connectivity index (χ1v) is 11.9. The number of hydrogen-bond acceptors (Lipinski definition) is 6. The number of aromatic nitrogens is 3. The first kappa shape index (κ1) is 23.9. The molecule has 11 heteroatoms. The van der Waals surface area contributed by atoms with E-state index in [4.69, 9.17) is 0 Å². The van der Waals surface area contributed by atoms with E-state index < -0.39 is 11.6 Å². The van der Waals surface area contributed by atoms with Crippen LogP contribution in [0, 0.1) is 11.6 Å². The molecule has 2 amide bonds. The van der Waals surface area contributed by atoms with Gasteiger partial charge in [-0.2, -0.15) is 0 Å². The molecule has 36 heavy (non-hydrogen) atoms. The van der Waals surface area contributed by atoms with Crippen molar-refractivity contribution >= 4 is 34.2 Å². The highest BCUT2D eigenvalue weighted by Gasteiger charge is 2.21. The molecule has 0 saturated carbocycles. The minimum Gasteiger partial charge on any atom is -0.378 e. The quantitative estimate of drug-likeness (QED) is 0.291. The molecular formula is C25H27F2N7O2. The summed E-state index contributed by atoms with van der Waals surface area (Å²) in [7, 11) is 1.53. The van der Waals surface area contributed by atoms with Crippen molar-refractivity contribution in [3.05, 3.63) is 54.2 Å². The van der Waals surface area contributed by atoms with Gasteiger partial charge in [-0.3, -0.25) is 9.30 Å². The van der Waals surface area contributed by atoms with Crippen molar-refractivity contribution in [2.24, 2.45) is 0 Å². The average Bonchev–Trinajstić information content (AvgIpc) is 3.50. The number of hydrogen-bond donors (Lipinski definition) is 4. The molecule has 1 aliphatic heterocycles. The molecule has 9 nitrogen and oxygen atoms in total. The molecule has 1 saturated heterocycles. The summed E-state index contributed by atoms with van der Waals surface area (Å²) >= 11 is 0. The van der Waals surface area contributed by atoms with E-state index in [1.165, 1.54) is 7.05 Å². The van der Waals surface area contributed by atoms with Gasteiger partial charge < -0.3 is 21.1 Å². The molecule has 188 valence electrons. The van der Waals surface area contributed by atoms with Crippen LogP contribution in [0.1, 0.15) is 19.3 Å². The SMILES string of the molecule is CNC(=O)Nc1ccc(-c2cnc3c(NCCCN4CCCC4O)nc4cc(F)c(F)cc4n23)cc1. The number of carbonyl (C=O) groups excluding carboxylic acids is 1. The smallest absolute Gasteiger partial charge is 0.318 e. The number of imidazole rings is 1. The van der Waals surface area contributed by atoms with Crippen molar-refractivity contribution in [2.45, 2.75) is 25.5 Å². The molecule has 1 aliphatic rings. The topological polar surface area (TPSA) is 107 Å². The van der Waals surface area contributed by atoms with E-state index in [-0.39, 0.29) is 17.8 Å². The molecule has 4 aromatic rings. The van der Waals surface area contributed by atoms with Crippen LogP contribution in [0.4, 0.5) is 25.1 Å². The summed E-state index contributed by atoms with van der Waals surface area (Å²) in [6.07, 6.45) is 3.82. The molecule has 4 N–H and O–H groups in total. The number of nitrogens with zero attached hydrogens (tertiary/aromatic N) is 4. The Kier molecular flexibility index (Phi) is 6.66. The predicted octanol–water partition coefficient (Wildman–Crippen LogP) is 3.80. The summed E-state index contributed by atoms with van der Waals surface area (Å²) in [4.78, 5) is 22.7. The Bertz CT molecular complexity index is 1410. The lowest BCUT2D eigenvalue weighted by atomic mass is 10.1. The van der Waals surface area contributed by atoms with Crippen LogP contribution in [-0.2, 0) is 0 Å². The Morgan fingerprint density at radius 3 is 2.69 bits per heavy atom. The second-order valence-electron chi connectivity index (χ2n) is 8.74. The first-order chi connectivity index (χ1) is 17.4. The van der Waals surface area contributed by atoms with E-state index in [1.54, 1.807) is 22.7 Å². The third-order valence-corrected chi connectivity index (χ3v) is 6.37. The molecule has 1 unspecified atom stereocenters. The summed E-state index contributed by atoms with van der Waals surface area (Å²) in [5.41, 5.74) is 3.20. The van der Waals surface area contributed by atoms with Crippen LogP contribution in [0.25, 0.3) is 27.9 Å². The monoisotopic (exact) mass is 495 g/mol. The number of anilines is 2. The van der Waals surface area contributed by atoms with Crippen LogP contribution < -0.4 is 16.0 Å². The zero-order chi connectivity index (χ0) is 25.2.